The van der Waals surface area contributed by atoms with E-state index in [1.54, 1.807) is 48.5 Å². The number of carbonyl (C=O) groups excluding carboxylic acids is 2. The maximum atomic E-state index is 12.1. The molecular formula is C18H11Cl3N2O3. The van der Waals surface area contributed by atoms with Gasteiger partial charge in [0, 0.05) is 5.39 Å². The Balaban J connectivity index is 1.65. The van der Waals surface area contributed by atoms with Crippen LogP contribution in [0.1, 0.15) is 10.4 Å². The summed E-state index contributed by atoms with van der Waals surface area (Å²) in [6, 6.07) is 13.0. The monoisotopic (exact) mass is 408 g/mol. The van der Waals surface area contributed by atoms with Crippen LogP contribution in [0.25, 0.3) is 10.9 Å². The van der Waals surface area contributed by atoms with Crippen molar-refractivity contribution in [3.05, 3.63) is 69.3 Å². The van der Waals surface area contributed by atoms with Crippen LogP contribution in [0.15, 0.2) is 48.5 Å². The molecule has 3 aromatic rings. The normalized spacial score (nSPS) is 10.6. The van der Waals surface area contributed by atoms with Gasteiger partial charge in [0.1, 0.15) is 5.15 Å². The highest BCUT2D eigenvalue weighted by atomic mass is 35.5. The molecule has 0 fully saturated rings. The molecule has 0 radical (unpaired) electrons. The lowest BCUT2D eigenvalue weighted by atomic mass is 10.1. The van der Waals surface area contributed by atoms with E-state index < -0.39 is 18.5 Å². The van der Waals surface area contributed by atoms with Crippen molar-refractivity contribution < 1.29 is 14.3 Å². The summed E-state index contributed by atoms with van der Waals surface area (Å²) in [4.78, 5) is 28.3. The number of nitrogens with zero attached hydrogens (tertiary/aromatic N) is 1. The molecule has 0 atom stereocenters. The summed E-state index contributed by atoms with van der Waals surface area (Å²) in [5.74, 6) is -1.19. The number of pyridine rings is 1. The maximum absolute atomic E-state index is 12.1. The number of carbonyl (C=O) groups is 2. The molecule has 1 heterocycles. The van der Waals surface area contributed by atoms with Crippen molar-refractivity contribution in [2.75, 3.05) is 11.9 Å². The van der Waals surface area contributed by atoms with Gasteiger partial charge in [0.15, 0.2) is 6.61 Å². The summed E-state index contributed by atoms with van der Waals surface area (Å²) in [6.45, 7) is -0.475. The third kappa shape index (κ3) is 4.25. The number of rotatable bonds is 4. The maximum Gasteiger partial charge on any atom is 0.338 e. The highest BCUT2D eigenvalue weighted by Crippen LogP contribution is 2.29. The van der Waals surface area contributed by atoms with Crippen molar-refractivity contribution in [3.63, 3.8) is 0 Å². The number of para-hydroxylation sites is 1. The van der Waals surface area contributed by atoms with Gasteiger partial charge in [0.25, 0.3) is 5.91 Å². The quantitative estimate of drug-likeness (QED) is 0.487. The number of anilines is 1. The Labute approximate surface area is 163 Å². The van der Waals surface area contributed by atoms with Crippen LogP contribution in [-0.2, 0) is 9.53 Å². The molecule has 0 aliphatic carbocycles. The lowest BCUT2D eigenvalue weighted by Gasteiger charge is -2.09. The number of hydrogen-bond donors (Lipinski definition) is 1. The van der Waals surface area contributed by atoms with Crippen molar-refractivity contribution in [2.45, 2.75) is 0 Å². The van der Waals surface area contributed by atoms with Crippen LogP contribution in [0.5, 0.6) is 0 Å². The van der Waals surface area contributed by atoms with E-state index >= 15 is 0 Å². The SMILES string of the molecule is O=C(COC(=O)c1ccc2nc(Cl)ccc2c1)Nc1c(Cl)cccc1Cl. The highest BCUT2D eigenvalue weighted by molar-refractivity contribution is 6.39. The molecule has 2 aromatic carbocycles. The van der Waals surface area contributed by atoms with E-state index in [0.29, 0.717) is 16.2 Å². The third-order valence-corrected chi connectivity index (χ3v) is 4.29. The van der Waals surface area contributed by atoms with Gasteiger partial charge in [-0.15, -0.1) is 0 Å². The summed E-state index contributed by atoms with van der Waals surface area (Å²) in [6.07, 6.45) is 0. The first-order valence-electron chi connectivity index (χ1n) is 7.41. The summed E-state index contributed by atoms with van der Waals surface area (Å²) in [5, 5.41) is 4.19. The Kier molecular flexibility index (Phi) is 5.61. The second-order valence-electron chi connectivity index (χ2n) is 5.26. The number of hydrogen-bond acceptors (Lipinski definition) is 4. The van der Waals surface area contributed by atoms with Crippen LogP contribution in [0.4, 0.5) is 5.69 Å². The molecule has 26 heavy (non-hydrogen) atoms. The van der Waals surface area contributed by atoms with Gasteiger partial charge in [-0.1, -0.05) is 40.9 Å². The average molecular weight is 410 g/mol. The number of esters is 1. The molecule has 132 valence electrons. The lowest BCUT2D eigenvalue weighted by molar-refractivity contribution is -0.119. The Morgan fingerprint density at radius 2 is 1.73 bits per heavy atom. The standard InChI is InChI=1S/C18H11Cl3N2O3/c19-12-2-1-3-13(20)17(12)23-16(24)9-26-18(25)11-4-6-14-10(8-11)5-7-15(21)22-14/h1-8H,9H2,(H,23,24). The molecular weight excluding hydrogens is 399 g/mol. The van der Waals surface area contributed by atoms with Crippen molar-refractivity contribution in [3.8, 4) is 0 Å². The van der Waals surface area contributed by atoms with Crippen molar-refractivity contribution in [2.24, 2.45) is 0 Å². The van der Waals surface area contributed by atoms with Gasteiger partial charge < -0.3 is 10.1 Å². The zero-order valence-electron chi connectivity index (χ0n) is 13.1. The fourth-order valence-electron chi connectivity index (χ4n) is 2.23. The smallest absolute Gasteiger partial charge is 0.338 e. The minimum absolute atomic E-state index is 0.269. The number of nitrogens with one attached hydrogen (secondary N) is 1. The van der Waals surface area contributed by atoms with E-state index in [2.05, 4.69) is 10.3 Å². The van der Waals surface area contributed by atoms with Crippen LogP contribution < -0.4 is 5.32 Å². The fraction of sp³-hybridized carbons (Fsp3) is 0.0556. The first-order chi connectivity index (χ1) is 12.4. The van der Waals surface area contributed by atoms with Crippen LogP contribution >= 0.6 is 34.8 Å². The zero-order valence-corrected chi connectivity index (χ0v) is 15.4. The van der Waals surface area contributed by atoms with Gasteiger partial charge >= 0.3 is 5.97 Å². The molecule has 0 spiro atoms. The number of fused-ring (bicyclic) bond motifs is 1. The molecule has 1 amide bonds. The number of aromatic nitrogens is 1. The van der Waals surface area contributed by atoms with E-state index in [0.717, 1.165) is 5.39 Å². The molecule has 0 aliphatic rings. The predicted molar refractivity (Wildman–Crippen MR) is 102 cm³/mol. The fourth-order valence-corrected chi connectivity index (χ4v) is 2.88. The third-order valence-electron chi connectivity index (χ3n) is 3.45. The van der Waals surface area contributed by atoms with Crippen LogP contribution in [0, 0.1) is 0 Å². The second-order valence-corrected chi connectivity index (χ2v) is 6.46. The summed E-state index contributed by atoms with van der Waals surface area (Å²) < 4.78 is 5.03. The minimum atomic E-state index is -0.637. The van der Waals surface area contributed by atoms with E-state index in [1.807, 2.05) is 0 Å². The Bertz CT molecular complexity index is 988. The molecule has 5 nitrogen and oxygen atoms in total. The largest absolute Gasteiger partial charge is 0.452 e. The Morgan fingerprint density at radius 1 is 1.00 bits per heavy atom. The van der Waals surface area contributed by atoms with Gasteiger partial charge in [-0.2, -0.15) is 0 Å². The first kappa shape index (κ1) is 18.5. The molecule has 0 bridgehead atoms. The van der Waals surface area contributed by atoms with E-state index in [-0.39, 0.29) is 15.7 Å². The van der Waals surface area contributed by atoms with Crippen molar-refractivity contribution in [1.82, 2.24) is 4.98 Å². The predicted octanol–water partition coefficient (Wildman–Crippen LogP) is 4.99. The topological polar surface area (TPSA) is 68.3 Å². The number of amides is 1. The average Bonchev–Trinajstić information content (AvgIpc) is 2.62. The van der Waals surface area contributed by atoms with Crippen molar-refractivity contribution >= 4 is 63.3 Å². The van der Waals surface area contributed by atoms with E-state index in [4.69, 9.17) is 39.5 Å². The molecule has 0 aliphatic heterocycles. The Morgan fingerprint density at radius 3 is 2.46 bits per heavy atom. The zero-order chi connectivity index (χ0) is 18.7. The molecule has 0 saturated carbocycles. The van der Waals surface area contributed by atoms with Gasteiger partial charge in [-0.25, -0.2) is 9.78 Å². The lowest BCUT2D eigenvalue weighted by Crippen LogP contribution is -2.21. The number of benzene rings is 2. The van der Waals surface area contributed by atoms with Crippen LogP contribution in [-0.4, -0.2) is 23.5 Å². The van der Waals surface area contributed by atoms with Crippen LogP contribution in [0.2, 0.25) is 15.2 Å². The van der Waals surface area contributed by atoms with Gasteiger partial charge in [0.2, 0.25) is 0 Å². The summed E-state index contributed by atoms with van der Waals surface area (Å²) in [7, 11) is 0. The summed E-state index contributed by atoms with van der Waals surface area (Å²) >= 11 is 17.8. The van der Waals surface area contributed by atoms with E-state index in [9.17, 15) is 9.59 Å². The van der Waals surface area contributed by atoms with Crippen molar-refractivity contribution in [1.29, 1.82) is 0 Å². The second kappa shape index (κ2) is 7.91. The highest BCUT2D eigenvalue weighted by Gasteiger charge is 2.14. The van der Waals surface area contributed by atoms with Gasteiger partial charge in [-0.3, -0.25) is 4.79 Å². The summed E-state index contributed by atoms with van der Waals surface area (Å²) in [5.41, 5.74) is 1.22. The van der Waals surface area contributed by atoms with Gasteiger partial charge in [0.05, 0.1) is 26.8 Å². The number of halogens is 3. The van der Waals surface area contributed by atoms with Crippen LogP contribution in [0.3, 0.4) is 0 Å². The molecule has 0 unspecified atom stereocenters. The Hall–Kier alpha value is -2.34. The minimum Gasteiger partial charge on any atom is -0.452 e. The molecule has 1 N–H and O–H groups in total. The van der Waals surface area contributed by atoms with E-state index in [1.165, 1.54) is 0 Å². The molecule has 8 heteroatoms. The first-order valence-corrected chi connectivity index (χ1v) is 8.55. The van der Waals surface area contributed by atoms with Gasteiger partial charge in [-0.05, 0) is 42.5 Å². The number of ether oxygens (including phenoxy) is 1. The molecule has 1 aromatic heterocycles. The molecule has 3 rings (SSSR count). The molecule has 0 saturated heterocycles.